The van der Waals surface area contributed by atoms with E-state index in [1.165, 1.54) is 4.90 Å². The fourth-order valence-electron chi connectivity index (χ4n) is 4.11. The highest BCUT2D eigenvalue weighted by atomic mass is 35.5. The van der Waals surface area contributed by atoms with E-state index in [1.807, 2.05) is 24.3 Å². The Balaban J connectivity index is 1.49. The zero-order valence-electron chi connectivity index (χ0n) is 19.4. The van der Waals surface area contributed by atoms with Crippen LogP contribution in [-0.4, -0.2) is 58.7 Å². The standard InChI is InChI=1S/C25H25Cl2N5O4/c1-14-25(36)32(12-22(33)30-14)13-23(34)31-21(9-16-11-28-20-5-3-2-4-17(16)20)24(35)29-10-15-6-7-18(26)19(27)8-15/h2-8,11,14,21,28H,9-10,12-13H2,1H3,(H,29,35)(H,30,33)(H,31,34). The Labute approximate surface area is 217 Å². The number of hydrogen-bond donors (Lipinski definition) is 4. The molecule has 0 spiro atoms. The summed E-state index contributed by atoms with van der Waals surface area (Å²) >= 11 is 12.0. The molecule has 2 unspecified atom stereocenters. The van der Waals surface area contributed by atoms with Crippen molar-refractivity contribution in [2.24, 2.45) is 0 Å². The summed E-state index contributed by atoms with van der Waals surface area (Å²) in [6.45, 7) is 1.19. The largest absolute Gasteiger partial charge is 0.361 e. The van der Waals surface area contributed by atoms with Gasteiger partial charge in [0, 0.05) is 30.1 Å². The van der Waals surface area contributed by atoms with Gasteiger partial charge in [0.05, 0.1) is 10.0 Å². The third-order valence-electron chi connectivity index (χ3n) is 5.93. The number of para-hydroxylation sites is 1. The number of halogens is 2. The quantitative estimate of drug-likeness (QED) is 0.357. The van der Waals surface area contributed by atoms with Gasteiger partial charge in [-0.25, -0.2) is 0 Å². The highest BCUT2D eigenvalue weighted by Gasteiger charge is 2.31. The molecule has 4 rings (SSSR count). The van der Waals surface area contributed by atoms with Crippen LogP contribution in [-0.2, 0) is 32.1 Å². The third kappa shape index (κ3) is 5.98. The number of fused-ring (bicyclic) bond motifs is 1. The molecule has 0 aliphatic carbocycles. The highest BCUT2D eigenvalue weighted by molar-refractivity contribution is 6.42. The van der Waals surface area contributed by atoms with Gasteiger partial charge in [0.15, 0.2) is 0 Å². The van der Waals surface area contributed by atoms with Gasteiger partial charge in [-0.05, 0) is 36.2 Å². The van der Waals surface area contributed by atoms with E-state index >= 15 is 0 Å². The first-order valence-corrected chi connectivity index (χ1v) is 12.1. The molecule has 2 atom stereocenters. The van der Waals surface area contributed by atoms with Gasteiger partial charge >= 0.3 is 0 Å². The number of rotatable bonds is 8. The number of aromatic nitrogens is 1. The van der Waals surface area contributed by atoms with Crippen LogP contribution in [0.3, 0.4) is 0 Å². The lowest BCUT2D eigenvalue weighted by molar-refractivity contribution is -0.146. The van der Waals surface area contributed by atoms with Gasteiger partial charge in [0.25, 0.3) is 0 Å². The maximum absolute atomic E-state index is 13.2. The molecule has 188 valence electrons. The van der Waals surface area contributed by atoms with Crippen LogP contribution in [0, 0.1) is 0 Å². The minimum absolute atomic E-state index is 0.179. The van der Waals surface area contributed by atoms with Gasteiger partial charge in [-0.2, -0.15) is 0 Å². The summed E-state index contributed by atoms with van der Waals surface area (Å²) in [5.74, 6) is -1.65. The van der Waals surface area contributed by atoms with Crippen molar-refractivity contribution in [1.29, 1.82) is 0 Å². The SMILES string of the molecule is CC1NC(=O)CN(CC(=O)NC(Cc2c[nH]c3ccccc23)C(=O)NCc2ccc(Cl)c(Cl)c2)C1=O. The van der Waals surface area contributed by atoms with Crippen LogP contribution in [0.1, 0.15) is 18.1 Å². The Morgan fingerprint density at radius 3 is 2.69 bits per heavy atom. The predicted molar refractivity (Wildman–Crippen MR) is 136 cm³/mol. The normalized spacial score (nSPS) is 16.5. The summed E-state index contributed by atoms with van der Waals surface area (Å²) in [4.78, 5) is 54.6. The Morgan fingerprint density at radius 2 is 1.92 bits per heavy atom. The number of hydrogen-bond acceptors (Lipinski definition) is 4. The van der Waals surface area contributed by atoms with Crippen LogP contribution in [0.5, 0.6) is 0 Å². The van der Waals surface area contributed by atoms with Crippen LogP contribution < -0.4 is 16.0 Å². The first-order chi connectivity index (χ1) is 17.2. The second-order valence-electron chi connectivity index (χ2n) is 8.63. The Bertz CT molecular complexity index is 1320. The van der Waals surface area contributed by atoms with E-state index in [2.05, 4.69) is 20.9 Å². The van der Waals surface area contributed by atoms with Crippen LogP contribution in [0.4, 0.5) is 0 Å². The third-order valence-corrected chi connectivity index (χ3v) is 6.67. The summed E-state index contributed by atoms with van der Waals surface area (Å²) in [5.41, 5.74) is 2.50. The molecular weight excluding hydrogens is 505 g/mol. The minimum atomic E-state index is -0.925. The number of nitrogens with zero attached hydrogens (tertiary/aromatic N) is 1. The lowest BCUT2D eigenvalue weighted by Crippen LogP contribution is -2.59. The topological polar surface area (TPSA) is 123 Å². The average molecular weight is 530 g/mol. The van der Waals surface area contributed by atoms with Crippen molar-refractivity contribution < 1.29 is 19.2 Å². The lowest BCUT2D eigenvalue weighted by Gasteiger charge is -2.30. The highest BCUT2D eigenvalue weighted by Crippen LogP contribution is 2.23. The molecule has 2 aromatic carbocycles. The van der Waals surface area contributed by atoms with E-state index in [9.17, 15) is 19.2 Å². The summed E-state index contributed by atoms with van der Waals surface area (Å²) in [6, 6.07) is 11.1. The molecular formula is C25H25Cl2N5O4. The molecule has 1 aromatic heterocycles. The number of carbonyl (C=O) groups excluding carboxylic acids is 4. The van der Waals surface area contributed by atoms with Crippen LogP contribution >= 0.6 is 23.2 Å². The fraction of sp³-hybridized carbons (Fsp3) is 0.280. The van der Waals surface area contributed by atoms with Crippen molar-refractivity contribution in [3.05, 3.63) is 69.8 Å². The number of H-pyrrole nitrogens is 1. The molecule has 1 fully saturated rings. The van der Waals surface area contributed by atoms with Crippen molar-refractivity contribution >= 4 is 57.7 Å². The van der Waals surface area contributed by atoms with E-state index in [-0.39, 0.29) is 37.9 Å². The Morgan fingerprint density at radius 1 is 1.14 bits per heavy atom. The summed E-state index contributed by atoms with van der Waals surface area (Å²) in [6.07, 6.45) is 2.02. The molecule has 2 heterocycles. The Kier molecular flexibility index (Phi) is 7.81. The molecule has 11 heteroatoms. The molecule has 1 aliphatic heterocycles. The van der Waals surface area contributed by atoms with E-state index < -0.39 is 23.9 Å². The predicted octanol–water partition coefficient (Wildman–Crippen LogP) is 2.17. The molecule has 0 radical (unpaired) electrons. The van der Waals surface area contributed by atoms with Crippen molar-refractivity contribution in [3.8, 4) is 0 Å². The number of benzene rings is 2. The molecule has 0 bridgehead atoms. The lowest BCUT2D eigenvalue weighted by atomic mass is 10.0. The van der Waals surface area contributed by atoms with Gasteiger partial charge in [0.1, 0.15) is 25.2 Å². The number of piperazine rings is 1. The maximum atomic E-state index is 13.2. The summed E-state index contributed by atoms with van der Waals surface area (Å²) in [5, 5.41) is 9.81. The van der Waals surface area contributed by atoms with E-state index in [0.29, 0.717) is 10.0 Å². The second-order valence-corrected chi connectivity index (χ2v) is 9.45. The maximum Gasteiger partial charge on any atom is 0.245 e. The monoisotopic (exact) mass is 529 g/mol. The van der Waals surface area contributed by atoms with Gasteiger partial charge < -0.3 is 25.8 Å². The Hall–Kier alpha value is -3.56. The van der Waals surface area contributed by atoms with Crippen LogP contribution in [0.25, 0.3) is 10.9 Å². The molecule has 1 aliphatic rings. The van der Waals surface area contributed by atoms with Crippen molar-refractivity contribution in [3.63, 3.8) is 0 Å². The fourth-order valence-corrected chi connectivity index (χ4v) is 4.43. The number of nitrogens with one attached hydrogen (secondary N) is 4. The second kappa shape index (κ2) is 11.0. The summed E-state index contributed by atoms with van der Waals surface area (Å²) in [7, 11) is 0. The number of amides is 4. The van der Waals surface area contributed by atoms with Gasteiger partial charge in [-0.1, -0.05) is 47.5 Å². The molecule has 1 saturated heterocycles. The van der Waals surface area contributed by atoms with Crippen LogP contribution in [0.15, 0.2) is 48.7 Å². The van der Waals surface area contributed by atoms with E-state index in [0.717, 1.165) is 22.0 Å². The average Bonchev–Trinajstić information content (AvgIpc) is 3.25. The molecule has 3 aromatic rings. The molecule has 36 heavy (non-hydrogen) atoms. The zero-order valence-corrected chi connectivity index (χ0v) is 20.9. The number of aromatic amines is 1. The summed E-state index contributed by atoms with van der Waals surface area (Å²) < 4.78 is 0. The first kappa shape index (κ1) is 25.5. The molecule has 4 amide bonds. The number of carbonyl (C=O) groups is 4. The van der Waals surface area contributed by atoms with E-state index in [1.54, 1.807) is 31.3 Å². The van der Waals surface area contributed by atoms with Crippen molar-refractivity contribution in [1.82, 2.24) is 25.8 Å². The van der Waals surface area contributed by atoms with Crippen molar-refractivity contribution in [2.75, 3.05) is 13.1 Å². The van der Waals surface area contributed by atoms with Gasteiger partial charge in [-0.15, -0.1) is 0 Å². The molecule has 0 saturated carbocycles. The minimum Gasteiger partial charge on any atom is -0.361 e. The van der Waals surface area contributed by atoms with Gasteiger partial charge in [0.2, 0.25) is 23.6 Å². The van der Waals surface area contributed by atoms with Crippen molar-refractivity contribution in [2.45, 2.75) is 32.0 Å². The van der Waals surface area contributed by atoms with Gasteiger partial charge in [-0.3, -0.25) is 19.2 Å². The van der Waals surface area contributed by atoms with E-state index in [4.69, 9.17) is 23.2 Å². The molecule has 9 nitrogen and oxygen atoms in total. The molecule has 4 N–H and O–H groups in total. The zero-order chi connectivity index (χ0) is 25.8. The first-order valence-electron chi connectivity index (χ1n) is 11.4. The van der Waals surface area contributed by atoms with Crippen LogP contribution in [0.2, 0.25) is 10.0 Å². The smallest absolute Gasteiger partial charge is 0.245 e.